The minimum absolute atomic E-state index is 0. The fourth-order valence-corrected chi connectivity index (χ4v) is 7.26. The Hall–Kier alpha value is -6.46. The van der Waals surface area contributed by atoms with Crippen molar-refractivity contribution in [1.82, 2.24) is 29.9 Å². The number of para-hydroxylation sites is 2. The maximum atomic E-state index is 4.53. The molecule has 0 unspecified atom stereocenters. The Morgan fingerprint density at radius 2 is 0.806 bits per heavy atom. The number of nitrogens with zero attached hydrogens (tertiary/aromatic N) is 8. The van der Waals surface area contributed by atoms with E-state index in [1.165, 1.54) is 32.3 Å². The summed E-state index contributed by atoms with van der Waals surface area (Å²) in [4.78, 5) is 30.8. The van der Waals surface area contributed by atoms with Gasteiger partial charge in [-0.1, -0.05) is 97.1 Å². The number of pyridine rings is 4. The van der Waals surface area contributed by atoms with Crippen molar-refractivity contribution in [2.75, 3.05) is 38.0 Å². The van der Waals surface area contributed by atoms with E-state index in [2.05, 4.69) is 115 Å². The Bertz CT molecular complexity index is 3090. The second-order valence-electron chi connectivity index (χ2n) is 14.7. The van der Waals surface area contributed by atoms with Crippen LogP contribution in [-0.4, -0.2) is 48.1 Å². The molecule has 308 valence electrons. The Morgan fingerprint density at radius 3 is 1.24 bits per heavy atom. The van der Waals surface area contributed by atoms with Crippen LogP contribution in [0.2, 0.25) is 0 Å². The van der Waals surface area contributed by atoms with E-state index < -0.39 is 0 Å². The van der Waals surface area contributed by atoms with Gasteiger partial charge >= 0.3 is 42.1 Å². The smallest absolute Gasteiger partial charge is 0.435 e. The number of anilines is 2. The number of aromatic nitrogens is 6. The third-order valence-corrected chi connectivity index (χ3v) is 10.3. The van der Waals surface area contributed by atoms with Crippen molar-refractivity contribution < 1.29 is 42.1 Å². The van der Waals surface area contributed by atoms with Crippen LogP contribution in [0.15, 0.2) is 170 Å². The summed E-state index contributed by atoms with van der Waals surface area (Å²) in [5.41, 5.74) is 5.75. The molecule has 0 aliphatic carbocycles. The van der Waals surface area contributed by atoms with Crippen molar-refractivity contribution in [2.45, 2.75) is 0 Å². The average Bonchev–Trinajstić information content (AvgIpc) is 3.87. The first-order valence-corrected chi connectivity index (χ1v) is 19.7. The molecule has 62 heavy (non-hydrogen) atoms. The predicted octanol–water partition coefficient (Wildman–Crippen LogP) is 11.2. The topological polar surface area (TPSA) is 86.2 Å². The minimum atomic E-state index is 0. The van der Waals surface area contributed by atoms with Gasteiger partial charge in [-0.2, -0.15) is 0 Å². The van der Waals surface area contributed by atoms with Crippen molar-refractivity contribution in [1.29, 1.82) is 0 Å². The van der Waals surface area contributed by atoms with Gasteiger partial charge in [0, 0.05) is 52.2 Å². The van der Waals surface area contributed by atoms with E-state index >= 15 is 0 Å². The Morgan fingerprint density at radius 1 is 0.403 bits per heavy atom. The predicted molar refractivity (Wildman–Crippen MR) is 250 cm³/mol. The van der Waals surface area contributed by atoms with Crippen LogP contribution in [0.25, 0.3) is 87.2 Å². The summed E-state index contributed by atoms with van der Waals surface area (Å²) in [6, 6.07) is 59.4. The zero-order valence-electron chi connectivity index (χ0n) is 34.4. The molecule has 0 N–H and O–H groups in total. The van der Waals surface area contributed by atoms with Gasteiger partial charge in [0.2, 0.25) is 0 Å². The third kappa shape index (κ3) is 9.08. The molecule has 0 saturated heterocycles. The van der Waals surface area contributed by atoms with Crippen molar-refractivity contribution in [3.63, 3.8) is 0 Å². The standard InChI is InChI=1S/2C13H12N3.2C13H8N.2Pt/c2*1-16(2)12-8-7-10-9-5-3-4-6-11(9)14-13(10)15-12;2*1-2-6-12-10(4-1)7-8-11-5-3-9-14-13(11)12;;/h2*3-8H,1-2H3;2*1-5,7-9H;;/q4*-1;2*+2. The van der Waals surface area contributed by atoms with Gasteiger partial charge in [-0.25, -0.2) is 0 Å². The van der Waals surface area contributed by atoms with E-state index in [-0.39, 0.29) is 42.1 Å². The van der Waals surface area contributed by atoms with Crippen LogP contribution in [0.1, 0.15) is 0 Å². The minimum Gasteiger partial charge on any atom is -0.435 e. The number of hydrogen-bond acceptors (Lipinski definition) is 6. The van der Waals surface area contributed by atoms with Crippen LogP contribution in [0.3, 0.4) is 0 Å². The van der Waals surface area contributed by atoms with Crippen LogP contribution < -0.4 is 19.8 Å². The van der Waals surface area contributed by atoms with Crippen molar-refractivity contribution in [3.05, 3.63) is 182 Å². The Labute approximate surface area is 388 Å². The number of benzene rings is 6. The second kappa shape index (κ2) is 19.5. The quantitative estimate of drug-likeness (QED) is 0.125. The summed E-state index contributed by atoms with van der Waals surface area (Å²) in [5, 5.41) is 11.5. The fraction of sp³-hybridized carbons (Fsp3) is 0.0769. The van der Waals surface area contributed by atoms with E-state index in [1.807, 2.05) is 135 Å². The molecule has 0 amide bonds. The van der Waals surface area contributed by atoms with E-state index in [4.69, 9.17) is 0 Å². The fourth-order valence-electron chi connectivity index (χ4n) is 7.26. The monoisotopic (exact) mass is 1170 g/mol. The van der Waals surface area contributed by atoms with Crippen molar-refractivity contribution in [2.24, 2.45) is 0 Å². The Balaban J connectivity index is 0.000000123. The van der Waals surface area contributed by atoms with Gasteiger partial charge in [0.15, 0.2) is 0 Å². The van der Waals surface area contributed by atoms with Crippen LogP contribution in [0.4, 0.5) is 11.6 Å². The maximum absolute atomic E-state index is 4.53. The molecule has 12 rings (SSSR count). The maximum Gasteiger partial charge on any atom is 2.00 e. The molecule has 6 heterocycles. The molecular weight excluding hydrogens is 1130 g/mol. The molecule has 0 spiro atoms. The average molecular weight is 1170 g/mol. The van der Waals surface area contributed by atoms with E-state index in [0.29, 0.717) is 0 Å². The van der Waals surface area contributed by atoms with Gasteiger partial charge in [-0.3, -0.25) is 0 Å². The molecule has 0 fully saturated rings. The van der Waals surface area contributed by atoms with E-state index in [0.717, 1.165) is 66.5 Å². The molecule has 8 nitrogen and oxygen atoms in total. The molecule has 12 aromatic rings. The summed E-state index contributed by atoms with van der Waals surface area (Å²) in [6.45, 7) is 0. The first kappa shape index (κ1) is 43.6. The number of rotatable bonds is 2. The van der Waals surface area contributed by atoms with Gasteiger partial charge in [0.1, 0.15) is 0 Å². The number of hydrogen-bond donors (Lipinski definition) is 0. The zero-order chi connectivity index (χ0) is 41.0. The molecule has 0 aliphatic heterocycles. The molecule has 0 radical (unpaired) electrons. The summed E-state index contributed by atoms with van der Waals surface area (Å²) in [5.74, 6) is 1.88. The van der Waals surface area contributed by atoms with Crippen LogP contribution in [-0.2, 0) is 42.1 Å². The molecule has 0 aliphatic rings. The van der Waals surface area contributed by atoms with Gasteiger partial charge in [0.05, 0.1) is 0 Å². The summed E-state index contributed by atoms with van der Waals surface area (Å²) in [6.07, 6.45) is 3.64. The third-order valence-electron chi connectivity index (χ3n) is 10.3. The second-order valence-corrected chi connectivity index (χ2v) is 14.7. The van der Waals surface area contributed by atoms with Crippen LogP contribution in [0.5, 0.6) is 0 Å². The van der Waals surface area contributed by atoms with E-state index in [1.54, 1.807) is 0 Å². The molecule has 0 atom stereocenters. The van der Waals surface area contributed by atoms with Crippen molar-refractivity contribution in [3.8, 4) is 0 Å². The van der Waals surface area contributed by atoms with Gasteiger partial charge in [0.25, 0.3) is 0 Å². The first-order valence-electron chi connectivity index (χ1n) is 19.7. The van der Waals surface area contributed by atoms with E-state index in [9.17, 15) is 0 Å². The summed E-state index contributed by atoms with van der Waals surface area (Å²) < 4.78 is 0. The summed E-state index contributed by atoms with van der Waals surface area (Å²) >= 11 is 0. The molecule has 0 bridgehead atoms. The molecule has 6 aromatic heterocycles. The summed E-state index contributed by atoms with van der Waals surface area (Å²) in [7, 11) is 7.93. The molecule has 6 aromatic carbocycles. The van der Waals surface area contributed by atoms with Gasteiger partial charge in [-0.05, 0) is 89.9 Å². The van der Waals surface area contributed by atoms with Crippen LogP contribution >= 0.6 is 0 Å². The normalized spacial score (nSPS) is 10.6. The molecule has 0 saturated carbocycles. The van der Waals surface area contributed by atoms with Crippen LogP contribution in [0, 0.1) is 12.1 Å². The SMILES string of the molecule is CN(C)c1ccc2c(n1)[n-]c1ccccc12.CN(C)c1ccc2c(n1)[n-]c1ccccc12.[Pt+2].[Pt+2].[c-]1cccc2ccc3cccnc3c12.[c-]1cccc2ccc3cccnc3c12. The van der Waals surface area contributed by atoms with Crippen molar-refractivity contribution >= 4 is 98.9 Å². The first-order chi connectivity index (χ1) is 29.4. The zero-order valence-corrected chi connectivity index (χ0v) is 38.9. The molecule has 10 heteroatoms. The number of fused-ring (bicyclic) bond motifs is 12. The van der Waals surface area contributed by atoms with Gasteiger partial charge in [-0.15, -0.1) is 70.1 Å². The Kier molecular flexibility index (Phi) is 13.7. The van der Waals surface area contributed by atoms with Gasteiger partial charge < -0.3 is 39.7 Å². The largest absolute Gasteiger partial charge is 2.00 e. The molecular formula is C52H40N8Pt2.